The average Bonchev–Trinajstić information content (AvgIpc) is 2.91. The van der Waals surface area contributed by atoms with E-state index in [0.717, 1.165) is 24.4 Å². The molecule has 1 fully saturated rings. The van der Waals surface area contributed by atoms with Crippen molar-refractivity contribution in [2.24, 2.45) is 5.73 Å². The Hall–Kier alpha value is -1.53. The van der Waals surface area contributed by atoms with E-state index in [1.807, 2.05) is 30.5 Å². The highest BCUT2D eigenvalue weighted by molar-refractivity contribution is 7.98. The molecule has 0 radical (unpaired) electrons. The Morgan fingerprint density at radius 3 is 3.00 bits per heavy atom. The summed E-state index contributed by atoms with van der Waals surface area (Å²) in [5.41, 5.74) is 7.35. The van der Waals surface area contributed by atoms with Crippen LogP contribution in [0.25, 0.3) is 0 Å². The van der Waals surface area contributed by atoms with Crippen molar-refractivity contribution in [1.29, 1.82) is 0 Å². The summed E-state index contributed by atoms with van der Waals surface area (Å²) >= 11 is 1.67. The van der Waals surface area contributed by atoms with E-state index >= 15 is 0 Å². The summed E-state index contributed by atoms with van der Waals surface area (Å²) in [4.78, 5) is 25.5. The van der Waals surface area contributed by atoms with E-state index < -0.39 is 6.04 Å². The number of hydrogen-bond donors (Lipinski definition) is 2. The minimum absolute atomic E-state index is 0.134. The van der Waals surface area contributed by atoms with Crippen LogP contribution in [0.3, 0.4) is 0 Å². The van der Waals surface area contributed by atoms with Crippen LogP contribution < -0.4 is 16.0 Å². The maximum Gasteiger partial charge on any atom is 0.241 e. The molecular formula is C15H21N3O2S. The van der Waals surface area contributed by atoms with Gasteiger partial charge in [0.25, 0.3) is 0 Å². The summed E-state index contributed by atoms with van der Waals surface area (Å²) in [6, 6.07) is 6.84. The number of anilines is 2. The molecule has 0 spiro atoms. The van der Waals surface area contributed by atoms with E-state index in [4.69, 9.17) is 5.73 Å². The first kappa shape index (κ1) is 15.9. The van der Waals surface area contributed by atoms with Crippen molar-refractivity contribution in [1.82, 2.24) is 0 Å². The number of nitrogens with one attached hydrogen (secondary N) is 1. The zero-order valence-corrected chi connectivity index (χ0v) is 13.0. The summed E-state index contributed by atoms with van der Waals surface area (Å²) in [5, 5.41) is 2.82. The predicted molar refractivity (Wildman–Crippen MR) is 87.6 cm³/mol. The molecule has 21 heavy (non-hydrogen) atoms. The molecule has 3 N–H and O–H groups in total. The van der Waals surface area contributed by atoms with Gasteiger partial charge in [0.15, 0.2) is 0 Å². The van der Waals surface area contributed by atoms with Crippen LogP contribution in [0.1, 0.15) is 19.3 Å². The lowest BCUT2D eigenvalue weighted by Crippen LogP contribution is -2.36. The molecule has 5 nitrogen and oxygen atoms in total. The van der Waals surface area contributed by atoms with Gasteiger partial charge in [-0.2, -0.15) is 11.8 Å². The second-order valence-corrected chi connectivity index (χ2v) is 6.06. The number of hydrogen-bond acceptors (Lipinski definition) is 4. The van der Waals surface area contributed by atoms with E-state index in [-0.39, 0.29) is 11.8 Å². The molecule has 1 atom stereocenters. The van der Waals surface area contributed by atoms with Crippen LogP contribution in [-0.4, -0.2) is 36.4 Å². The second-order valence-electron chi connectivity index (χ2n) is 5.08. The predicted octanol–water partition coefficient (Wildman–Crippen LogP) is 1.83. The zero-order chi connectivity index (χ0) is 15.2. The minimum Gasteiger partial charge on any atom is -0.325 e. The van der Waals surface area contributed by atoms with Gasteiger partial charge in [-0.05, 0) is 43.0 Å². The van der Waals surface area contributed by atoms with Crippen molar-refractivity contribution < 1.29 is 9.59 Å². The van der Waals surface area contributed by atoms with Crippen LogP contribution in [0, 0.1) is 0 Å². The quantitative estimate of drug-likeness (QED) is 0.841. The number of carbonyl (C=O) groups excluding carboxylic acids is 2. The first-order valence-corrected chi connectivity index (χ1v) is 8.47. The third-order valence-corrected chi connectivity index (χ3v) is 4.11. The van der Waals surface area contributed by atoms with Crippen molar-refractivity contribution in [3.63, 3.8) is 0 Å². The number of amides is 2. The molecule has 1 saturated heterocycles. The van der Waals surface area contributed by atoms with Gasteiger partial charge in [-0.25, -0.2) is 0 Å². The molecule has 114 valence electrons. The molecule has 0 aliphatic carbocycles. The van der Waals surface area contributed by atoms with E-state index in [2.05, 4.69) is 5.32 Å². The van der Waals surface area contributed by atoms with E-state index in [0.29, 0.717) is 18.5 Å². The molecule has 2 amide bonds. The lowest BCUT2D eigenvalue weighted by atomic mass is 10.2. The molecule has 0 bridgehead atoms. The lowest BCUT2D eigenvalue weighted by Gasteiger charge is -2.17. The van der Waals surface area contributed by atoms with Crippen LogP contribution in [0.5, 0.6) is 0 Å². The fraction of sp³-hybridized carbons (Fsp3) is 0.467. The molecule has 6 heteroatoms. The fourth-order valence-corrected chi connectivity index (χ4v) is 2.77. The van der Waals surface area contributed by atoms with Gasteiger partial charge in [0.1, 0.15) is 0 Å². The Balaban J connectivity index is 2.01. The highest BCUT2D eigenvalue weighted by Gasteiger charge is 2.22. The van der Waals surface area contributed by atoms with Gasteiger partial charge in [-0.3, -0.25) is 9.59 Å². The Morgan fingerprint density at radius 2 is 2.33 bits per heavy atom. The fourth-order valence-electron chi connectivity index (χ4n) is 2.28. The average molecular weight is 307 g/mol. The molecule has 1 aromatic rings. The van der Waals surface area contributed by atoms with Gasteiger partial charge in [-0.1, -0.05) is 6.07 Å². The van der Waals surface area contributed by atoms with Gasteiger partial charge in [0.05, 0.1) is 6.04 Å². The lowest BCUT2D eigenvalue weighted by molar-refractivity contribution is -0.118. The monoisotopic (exact) mass is 307 g/mol. The summed E-state index contributed by atoms with van der Waals surface area (Å²) in [7, 11) is 0. The van der Waals surface area contributed by atoms with Crippen LogP contribution >= 0.6 is 11.8 Å². The summed E-state index contributed by atoms with van der Waals surface area (Å²) in [6.07, 6.45) is 4.11. The molecule has 1 aliphatic heterocycles. The number of thioether (sulfide) groups is 1. The number of nitrogens with two attached hydrogens (primary N) is 1. The standard InChI is InChI=1S/C15H21N3O2S/c1-21-9-7-13(16)15(20)17-11-4-2-5-12(10-11)18-8-3-6-14(18)19/h2,4-5,10,13H,3,6-9,16H2,1H3,(H,17,20)/t13-/m0/s1. The van der Waals surface area contributed by atoms with Crippen LogP contribution in [0.2, 0.25) is 0 Å². The normalized spacial score (nSPS) is 16.1. The summed E-state index contributed by atoms with van der Waals surface area (Å²) in [6.45, 7) is 0.740. The molecule has 1 aromatic carbocycles. The number of rotatable bonds is 6. The third-order valence-electron chi connectivity index (χ3n) is 3.47. The van der Waals surface area contributed by atoms with Crippen molar-refractivity contribution in [2.75, 3.05) is 28.8 Å². The highest BCUT2D eigenvalue weighted by Crippen LogP contribution is 2.24. The van der Waals surface area contributed by atoms with Gasteiger partial charge in [-0.15, -0.1) is 0 Å². The van der Waals surface area contributed by atoms with Crippen molar-refractivity contribution in [3.05, 3.63) is 24.3 Å². The number of carbonyl (C=O) groups is 2. The Labute approximate surface area is 129 Å². The largest absolute Gasteiger partial charge is 0.325 e. The number of nitrogens with zero attached hydrogens (tertiary/aromatic N) is 1. The van der Waals surface area contributed by atoms with Gasteiger partial charge >= 0.3 is 0 Å². The molecule has 2 rings (SSSR count). The van der Waals surface area contributed by atoms with Gasteiger partial charge in [0.2, 0.25) is 11.8 Å². The third kappa shape index (κ3) is 4.22. The van der Waals surface area contributed by atoms with Crippen molar-refractivity contribution >= 4 is 35.0 Å². The number of benzene rings is 1. The Morgan fingerprint density at radius 1 is 1.52 bits per heavy atom. The van der Waals surface area contributed by atoms with E-state index in [1.54, 1.807) is 16.7 Å². The van der Waals surface area contributed by atoms with Gasteiger partial charge in [0, 0.05) is 24.3 Å². The zero-order valence-electron chi connectivity index (χ0n) is 12.2. The highest BCUT2D eigenvalue weighted by atomic mass is 32.2. The molecule has 0 unspecified atom stereocenters. The first-order chi connectivity index (χ1) is 10.1. The van der Waals surface area contributed by atoms with Crippen LogP contribution in [0.4, 0.5) is 11.4 Å². The maximum atomic E-state index is 12.0. The topological polar surface area (TPSA) is 75.4 Å². The van der Waals surface area contributed by atoms with E-state index in [9.17, 15) is 9.59 Å². The molecule has 1 heterocycles. The molecule has 0 aromatic heterocycles. The molecule has 0 saturated carbocycles. The van der Waals surface area contributed by atoms with Crippen molar-refractivity contribution in [2.45, 2.75) is 25.3 Å². The first-order valence-electron chi connectivity index (χ1n) is 7.07. The summed E-state index contributed by atoms with van der Waals surface area (Å²) in [5.74, 6) is 0.806. The van der Waals surface area contributed by atoms with E-state index in [1.165, 1.54) is 0 Å². The molecular weight excluding hydrogens is 286 g/mol. The Kier molecular flexibility index (Phi) is 5.64. The maximum absolute atomic E-state index is 12.0. The van der Waals surface area contributed by atoms with Crippen LogP contribution in [0.15, 0.2) is 24.3 Å². The Bertz CT molecular complexity index is 521. The summed E-state index contributed by atoms with van der Waals surface area (Å²) < 4.78 is 0. The minimum atomic E-state index is -0.505. The van der Waals surface area contributed by atoms with Gasteiger partial charge < -0.3 is 16.0 Å². The van der Waals surface area contributed by atoms with Crippen molar-refractivity contribution in [3.8, 4) is 0 Å². The second kappa shape index (κ2) is 7.47. The SMILES string of the molecule is CSCC[C@H](N)C(=O)Nc1cccc(N2CCCC2=O)c1. The smallest absolute Gasteiger partial charge is 0.241 e. The molecule has 1 aliphatic rings. The van der Waals surface area contributed by atoms with Crippen LogP contribution in [-0.2, 0) is 9.59 Å².